The average Bonchev–Trinajstić information content (AvgIpc) is 3.22. The largest absolute Gasteiger partial charge is 0.517 e. The normalized spacial score (nSPS) is 12.4. The predicted molar refractivity (Wildman–Crippen MR) is 112 cm³/mol. The molecule has 0 bridgehead atoms. The summed E-state index contributed by atoms with van der Waals surface area (Å²) in [7, 11) is 0. The first-order valence-corrected chi connectivity index (χ1v) is 9.96. The molecule has 0 aliphatic heterocycles. The molecule has 3 rings (SSSR count). The van der Waals surface area contributed by atoms with Crippen molar-refractivity contribution in [2.24, 2.45) is 5.41 Å². The number of thiophene rings is 1. The Morgan fingerprint density at radius 2 is 1.89 bits per heavy atom. The number of phenolic OH excluding ortho intramolecular Hbond substituents is 1. The third-order valence-electron chi connectivity index (χ3n) is 4.07. The summed E-state index contributed by atoms with van der Waals surface area (Å²) < 4.78 is 8.70. The highest BCUT2D eigenvalue weighted by atomic mass is 32.1. The fourth-order valence-corrected chi connectivity index (χ4v) is 4.32. The number of para-hydroxylation sites is 1. The van der Waals surface area contributed by atoms with E-state index in [2.05, 4.69) is 64.1 Å². The molecule has 0 saturated heterocycles. The number of rotatable bonds is 5. The maximum atomic E-state index is 10.2. The highest BCUT2D eigenvalue weighted by Gasteiger charge is 2.29. The fourth-order valence-electron chi connectivity index (χ4n) is 2.67. The SMILES string of the molecule is [C-]#[N+]c1cccc(Nc2nsnc2N[C@@H](c2ccc(C)s2)C(C)(C)C)c1O. The number of nitrogens with one attached hydrogen (secondary N) is 2. The number of anilines is 3. The number of nitrogens with zero attached hydrogens (tertiary/aromatic N) is 3. The molecule has 1 atom stereocenters. The van der Waals surface area contributed by atoms with Gasteiger partial charge >= 0.3 is 0 Å². The van der Waals surface area contributed by atoms with Gasteiger partial charge in [0.05, 0.1) is 30.0 Å². The number of aromatic nitrogens is 2. The lowest BCUT2D eigenvalue weighted by molar-refractivity contribution is 0.351. The second-order valence-corrected chi connectivity index (χ2v) is 9.11. The van der Waals surface area contributed by atoms with Gasteiger partial charge in [-0.3, -0.25) is 0 Å². The third kappa shape index (κ3) is 4.21. The Labute approximate surface area is 167 Å². The van der Waals surface area contributed by atoms with Gasteiger partial charge in [-0.25, -0.2) is 4.85 Å². The van der Waals surface area contributed by atoms with Gasteiger partial charge in [-0.05, 0) is 30.5 Å². The van der Waals surface area contributed by atoms with Crippen LogP contribution in [0.3, 0.4) is 0 Å². The smallest absolute Gasteiger partial charge is 0.230 e. The molecule has 140 valence electrons. The number of hydrogen-bond donors (Lipinski definition) is 3. The highest BCUT2D eigenvalue weighted by Crippen LogP contribution is 2.41. The number of aryl methyl sites for hydroxylation is 1. The third-order valence-corrected chi connectivity index (χ3v) is 5.66. The minimum Gasteiger partial charge on any atom is -0.517 e. The van der Waals surface area contributed by atoms with E-state index in [0.717, 1.165) is 11.7 Å². The molecule has 0 amide bonds. The van der Waals surface area contributed by atoms with Gasteiger partial charge in [0, 0.05) is 9.75 Å². The Balaban J connectivity index is 1.89. The van der Waals surface area contributed by atoms with E-state index in [1.807, 2.05) is 0 Å². The zero-order chi connectivity index (χ0) is 19.6. The van der Waals surface area contributed by atoms with E-state index in [1.165, 1.54) is 9.75 Å². The van der Waals surface area contributed by atoms with Gasteiger partial charge in [0.25, 0.3) is 0 Å². The molecule has 2 aromatic heterocycles. The average molecular weight is 400 g/mol. The molecule has 0 aliphatic carbocycles. The van der Waals surface area contributed by atoms with E-state index >= 15 is 0 Å². The molecular weight excluding hydrogens is 378 g/mol. The van der Waals surface area contributed by atoms with Crippen LogP contribution < -0.4 is 10.6 Å². The molecule has 0 fully saturated rings. The highest BCUT2D eigenvalue weighted by molar-refractivity contribution is 7.12. The van der Waals surface area contributed by atoms with E-state index in [9.17, 15) is 5.11 Å². The molecule has 3 aromatic rings. The van der Waals surface area contributed by atoms with Gasteiger partial charge in [-0.15, -0.1) is 11.3 Å². The lowest BCUT2D eigenvalue weighted by atomic mass is 9.86. The molecule has 0 saturated carbocycles. The van der Waals surface area contributed by atoms with Gasteiger partial charge < -0.3 is 15.7 Å². The molecule has 1 aromatic carbocycles. The van der Waals surface area contributed by atoms with Crippen molar-refractivity contribution in [2.45, 2.75) is 33.7 Å². The summed E-state index contributed by atoms with van der Waals surface area (Å²) in [5, 5.41) is 16.8. The topological polar surface area (TPSA) is 74.4 Å². The summed E-state index contributed by atoms with van der Waals surface area (Å²) >= 11 is 2.85. The molecular formula is C19H21N5OS2. The quantitative estimate of drug-likeness (QED) is 0.357. The van der Waals surface area contributed by atoms with Crippen LogP contribution >= 0.6 is 23.1 Å². The maximum Gasteiger partial charge on any atom is 0.230 e. The van der Waals surface area contributed by atoms with Gasteiger partial charge in [0.1, 0.15) is 5.75 Å². The molecule has 6 nitrogen and oxygen atoms in total. The Kier molecular flexibility index (Phi) is 5.35. The Morgan fingerprint density at radius 1 is 1.15 bits per heavy atom. The summed E-state index contributed by atoms with van der Waals surface area (Å²) in [5.74, 6) is 1.06. The van der Waals surface area contributed by atoms with Crippen molar-refractivity contribution < 1.29 is 5.11 Å². The van der Waals surface area contributed by atoms with Crippen LogP contribution in [0.4, 0.5) is 23.0 Å². The first-order valence-electron chi connectivity index (χ1n) is 8.41. The number of hydrogen-bond acceptors (Lipinski definition) is 7. The molecule has 3 N–H and O–H groups in total. The Morgan fingerprint density at radius 3 is 2.52 bits per heavy atom. The van der Waals surface area contributed by atoms with Crippen LogP contribution in [0.5, 0.6) is 5.75 Å². The molecule has 0 unspecified atom stereocenters. The van der Waals surface area contributed by atoms with Crippen molar-refractivity contribution in [2.75, 3.05) is 10.6 Å². The Hall–Kier alpha value is -2.63. The van der Waals surface area contributed by atoms with Crippen molar-refractivity contribution in [1.29, 1.82) is 0 Å². The lowest BCUT2D eigenvalue weighted by Gasteiger charge is -2.31. The molecule has 0 spiro atoms. The van der Waals surface area contributed by atoms with Crippen molar-refractivity contribution >= 4 is 46.1 Å². The first-order chi connectivity index (χ1) is 12.8. The van der Waals surface area contributed by atoms with Gasteiger partial charge in [-0.1, -0.05) is 32.9 Å². The van der Waals surface area contributed by atoms with E-state index in [-0.39, 0.29) is 22.9 Å². The minimum absolute atomic E-state index is 0.0374. The summed E-state index contributed by atoms with van der Waals surface area (Å²) in [4.78, 5) is 5.81. The van der Waals surface area contributed by atoms with Gasteiger partial charge in [0.2, 0.25) is 5.69 Å². The molecule has 8 heteroatoms. The van der Waals surface area contributed by atoms with Crippen LogP contribution in [0, 0.1) is 18.9 Å². The van der Waals surface area contributed by atoms with E-state index in [1.54, 1.807) is 29.5 Å². The monoisotopic (exact) mass is 399 g/mol. The van der Waals surface area contributed by atoms with E-state index in [0.29, 0.717) is 17.3 Å². The van der Waals surface area contributed by atoms with Crippen molar-refractivity contribution in [3.8, 4) is 5.75 Å². The number of aromatic hydroxyl groups is 1. The number of phenols is 1. The summed E-state index contributed by atoms with van der Waals surface area (Å²) in [6, 6.07) is 9.31. The fraction of sp³-hybridized carbons (Fsp3) is 0.316. The van der Waals surface area contributed by atoms with Crippen LogP contribution in [0.25, 0.3) is 4.85 Å². The predicted octanol–water partition coefficient (Wildman–Crippen LogP) is 6.11. The number of benzene rings is 1. The molecule has 0 radical (unpaired) electrons. The van der Waals surface area contributed by atoms with Crippen LogP contribution in [0.1, 0.15) is 36.6 Å². The summed E-state index contributed by atoms with van der Waals surface area (Å²) in [6.07, 6.45) is 0. The van der Waals surface area contributed by atoms with E-state index < -0.39 is 0 Å². The van der Waals surface area contributed by atoms with Crippen molar-refractivity contribution in [1.82, 2.24) is 8.75 Å². The summed E-state index contributed by atoms with van der Waals surface area (Å²) in [6.45, 7) is 15.8. The Bertz CT molecular complexity index is 981. The lowest BCUT2D eigenvalue weighted by Crippen LogP contribution is -2.25. The van der Waals surface area contributed by atoms with Crippen LogP contribution in [0.2, 0.25) is 0 Å². The zero-order valence-corrected chi connectivity index (χ0v) is 17.2. The van der Waals surface area contributed by atoms with Gasteiger partial charge in [0.15, 0.2) is 11.6 Å². The summed E-state index contributed by atoms with van der Waals surface area (Å²) in [5.41, 5.74) is 0.586. The van der Waals surface area contributed by atoms with Crippen LogP contribution in [-0.2, 0) is 0 Å². The van der Waals surface area contributed by atoms with Crippen LogP contribution in [-0.4, -0.2) is 13.9 Å². The molecule has 27 heavy (non-hydrogen) atoms. The first kappa shape index (κ1) is 19.1. The standard InChI is InChI=1S/C19H21N5OS2/c1-11-9-10-14(26-11)16(19(2,3)4)22-18-17(23-27-24-18)21-13-8-6-7-12(20-5)15(13)25/h6-10,16,25H,1-4H3,(H,21,23)(H,22,24)/t16-/m0/s1. The van der Waals surface area contributed by atoms with Crippen LogP contribution in [0.15, 0.2) is 30.3 Å². The minimum atomic E-state index is -0.0901. The molecule has 0 aliphatic rings. The van der Waals surface area contributed by atoms with Gasteiger partial charge in [-0.2, -0.15) is 8.75 Å². The second-order valence-electron chi connectivity index (χ2n) is 7.26. The van der Waals surface area contributed by atoms with Crippen molar-refractivity contribution in [3.05, 3.63) is 51.5 Å². The zero-order valence-electron chi connectivity index (χ0n) is 15.6. The maximum absolute atomic E-state index is 10.2. The van der Waals surface area contributed by atoms with Crippen molar-refractivity contribution in [3.63, 3.8) is 0 Å². The molecule has 2 heterocycles. The van der Waals surface area contributed by atoms with E-state index in [4.69, 9.17) is 6.57 Å². The second kappa shape index (κ2) is 7.55.